The van der Waals surface area contributed by atoms with E-state index in [9.17, 15) is 0 Å². The lowest BCUT2D eigenvalue weighted by Crippen LogP contribution is -2.03. The van der Waals surface area contributed by atoms with Crippen molar-refractivity contribution in [1.82, 2.24) is 9.97 Å². The minimum absolute atomic E-state index is 0.400. The van der Waals surface area contributed by atoms with Crippen LogP contribution in [0.25, 0.3) is 0 Å². The molecule has 1 aromatic rings. The van der Waals surface area contributed by atoms with Gasteiger partial charge in [-0.1, -0.05) is 27.2 Å². The van der Waals surface area contributed by atoms with Crippen molar-refractivity contribution in [3.8, 4) is 0 Å². The predicted molar refractivity (Wildman–Crippen MR) is 59.7 cm³/mol. The number of alkyl halides is 1. The summed E-state index contributed by atoms with van der Waals surface area (Å²) in [5, 5.41) is 0. The molecule has 1 aromatic heterocycles. The van der Waals surface area contributed by atoms with Gasteiger partial charge in [-0.05, 0) is 18.4 Å². The van der Waals surface area contributed by atoms with E-state index in [1.54, 1.807) is 0 Å². The first kappa shape index (κ1) is 11.4. The summed E-state index contributed by atoms with van der Waals surface area (Å²) in [4.78, 5) is 8.77. The van der Waals surface area contributed by atoms with Gasteiger partial charge in [0.15, 0.2) is 0 Å². The van der Waals surface area contributed by atoms with Crippen LogP contribution >= 0.6 is 11.6 Å². The Bertz CT molecular complexity index is 297. The number of hydrogen-bond acceptors (Lipinski definition) is 2. The molecule has 0 fully saturated rings. The zero-order valence-electron chi connectivity index (χ0n) is 9.05. The van der Waals surface area contributed by atoms with Gasteiger partial charge in [0, 0.05) is 11.4 Å². The molecular formula is C11H17ClN2. The van der Waals surface area contributed by atoms with Crippen LogP contribution in [0.5, 0.6) is 0 Å². The lowest BCUT2D eigenvalue weighted by Gasteiger charge is -2.08. The molecule has 1 rings (SSSR count). The Morgan fingerprint density at radius 1 is 1.36 bits per heavy atom. The number of nitrogens with zero attached hydrogens (tertiary/aromatic N) is 2. The van der Waals surface area contributed by atoms with Crippen molar-refractivity contribution in [3.05, 3.63) is 23.3 Å². The lowest BCUT2D eigenvalue weighted by molar-refractivity contribution is 0.771. The van der Waals surface area contributed by atoms with Crippen molar-refractivity contribution in [1.29, 1.82) is 0 Å². The maximum absolute atomic E-state index is 5.75. The van der Waals surface area contributed by atoms with Gasteiger partial charge in [-0.2, -0.15) is 0 Å². The van der Waals surface area contributed by atoms with E-state index < -0.39 is 0 Å². The molecule has 0 amide bonds. The molecular weight excluding hydrogens is 196 g/mol. The third-order valence-corrected chi connectivity index (χ3v) is 2.30. The highest BCUT2D eigenvalue weighted by molar-refractivity contribution is 6.16. The molecule has 0 aliphatic carbocycles. The van der Waals surface area contributed by atoms with E-state index in [0.717, 1.165) is 30.1 Å². The molecule has 0 aliphatic rings. The second-order valence-electron chi connectivity index (χ2n) is 3.74. The normalized spacial score (nSPS) is 10.9. The minimum Gasteiger partial charge on any atom is -0.237 e. The smallest absolute Gasteiger partial charge is 0.143 e. The van der Waals surface area contributed by atoms with Gasteiger partial charge in [0.05, 0.1) is 5.88 Å². The van der Waals surface area contributed by atoms with Gasteiger partial charge in [-0.3, -0.25) is 0 Å². The molecule has 0 saturated heterocycles. The van der Waals surface area contributed by atoms with Crippen LogP contribution < -0.4 is 0 Å². The van der Waals surface area contributed by atoms with E-state index in [1.165, 1.54) is 0 Å². The van der Waals surface area contributed by atoms with Crippen molar-refractivity contribution in [2.24, 2.45) is 0 Å². The quantitative estimate of drug-likeness (QED) is 0.716. The highest BCUT2D eigenvalue weighted by Crippen LogP contribution is 2.14. The van der Waals surface area contributed by atoms with E-state index in [1.807, 2.05) is 0 Å². The third kappa shape index (κ3) is 2.95. The minimum atomic E-state index is 0.400. The Kier molecular flexibility index (Phi) is 4.33. The summed E-state index contributed by atoms with van der Waals surface area (Å²) in [6, 6.07) is 2.09. The summed E-state index contributed by atoms with van der Waals surface area (Å²) in [6.07, 6.45) is 2.11. The number of hydrogen-bond donors (Lipinski definition) is 0. The molecule has 0 unspecified atom stereocenters. The monoisotopic (exact) mass is 212 g/mol. The molecule has 3 heteroatoms. The summed E-state index contributed by atoms with van der Waals surface area (Å²) in [6.45, 7) is 6.42. The van der Waals surface area contributed by atoms with Crippen LogP contribution in [0.4, 0.5) is 0 Å². The van der Waals surface area contributed by atoms with E-state index in [4.69, 9.17) is 11.6 Å². The first-order chi connectivity index (χ1) is 6.67. The van der Waals surface area contributed by atoms with Gasteiger partial charge in [-0.25, -0.2) is 9.97 Å². The molecule has 0 aliphatic heterocycles. The molecule has 0 atom stereocenters. The fourth-order valence-electron chi connectivity index (χ4n) is 1.31. The van der Waals surface area contributed by atoms with Crippen molar-refractivity contribution in [2.75, 3.05) is 0 Å². The molecule has 0 radical (unpaired) electrons. The molecule has 0 aromatic carbocycles. The van der Waals surface area contributed by atoms with E-state index >= 15 is 0 Å². The van der Waals surface area contributed by atoms with Crippen LogP contribution in [0, 0.1) is 0 Å². The summed E-state index contributed by atoms with van der Waals surface area (Å²) >= 11 is 5.75. The summed E-state index contributed by atoms with van der Waals surface area (Å²) in [5.74, 6) is 1.59. The molecule has 78 valence electrons. The van der Waals surface area contributed by atoms with Crippen LogP contribution in [0.3, 0.4) is 0 Å². The fraction of sp³-hybridized carbons (Fsp3) is 0.636. The van der Waals surface area contributed by atoms with Crippen molar-refractivity contribution in [3.63, 3.8) is 0 Å². The molecule has 0 bridgehead atoms. The molecule has 0 spiro atoms. The third-order valence-electron chi connectivity index (χ3n) is 2.06. The first-order valence-electron chi connectivity index (χ1n) is 5.10. The van der Waals surface area contributed by atoms with Gasteiger partial charge in [0.25, 0.3) is 0 Å². The maximum atomic E-state index is 5.75. The summed E-state index contributed by atoms with van der Waals surface area (Å²) in [5.41, 5.74) is 2.21. The maximum Gasteiger partial charge on any atom is 0.143 e. The largest absolute Gasteiger partial charge is 0.237 e. The van der Waals surface area contributed by atoms with Crippen molar-refractivity contribution < 1.29 is 0 Å². The summed E-state index contributed by atoms with van der Waals surface area (Å²) < 4.78 is 0. The molecule has 1 heterocycles. The van der Waals surface area contributed by atoms with Crippen LogP contribution in [0.1, 0.15) is 50.3 Å². The highest BCUT2D eigenvalue weighted by atomic mass is 35.5. The number of aromatic nitrogens is 2. The second-order valence-corrected chi connectivity index (χ2v) is 4.01. The first-order valence-corrected chi connectivity index (χ1v) is 5.63. The second kappa shape index (κ2) is 5.30. The average molecular weight is 213 g/mol. The topological polar surface area (TPSA) is 25.8 Å². The fourth-order valence-corrected chi connectivity index (χ4v) is 1.43. The Balaban J connectivity index is 3.00. The van der Waals surface area contributed by atoms with Gasteiger partial charge < -0.3 is 0 Å². The van der Waals surface area contributed by atoms with Crippen molar-refractivity contribution >= 4 is 11.6 Å². The Morgan fingerprint density at radius 2 is 2.07 bits per heavy atom. The molecule has 14 heavy (non-hydrogen) atoms. The van der Waals surface area contributed by atoms with E-state index in [2.05, 4.69) is 36.8 Å². The summed E-state index contributed by atoms with van der Waals surface area (Å²) in [7, 11) is 0. The Morgan fingerprint density at radius 3 is 2.57 bits per heavy atom. The highest BCUT2D eigenvalue weighted by Gasteiger charge is 2.06. The van der Waals surface area contributed by atoms with Gasteiger partial charge >= 0.3 is 0 Å². The Hall–Kier alpha value is -0.630. The van der Waals surface area contributed by atoms with Crippen molar-refractivity contribution in [2.45, 2.75) is 45.4 Å². The zero-order valence-corrected chi connectivity index (χ0v) is 9.80. The number of rotatable bonds is 4. The van der Waals surface area contributed by atoms with Gasteiger partial charge in [0.1, 0.15) is 5.82 Å². The lowest BCUT2D eigenvalue weighted by atomic mass is 10.1. The van der Waals surface area contributed by atoms with E-state index in [0.29, 0.717) is 11.8 Å². The van der Waals surface area contributed by atoms with Crippen LogP contribution in [0.15, 0.2) is 6.07 Å². The average Bonchev–Trinajstić information content (AvgIpc) is 2.17. The molecule has 0 N–H and O–H groups in total. The van der Waals surface area contributed by atoms with Crippen LogP contribution in [0.2, 0.25) is 0 Å². The standard InChI is InChI=1S/C11H17ClN2/c1-4-5-9-6-10(8(2)3)14-11(7-12)13-9/h6,8H,4-5,7H2,1-3H3. The van der Waals surface area contributed by atoms with Gasteiger partial charge in [-0.15, -0.1) is 11.6 Å². The van der Waals surface area contributed by atoms with E-state index in [-0.39, 0.29) is 0 Å². The predicted octanol–water partition coefficient (Wildman–Crippen LogP) is 3.29. The van der Waals surface area contributed by atoms with Gasteiger partial charge in [0.2, 0.25) is 0 Å². The number of halogens is 1. The Labute approximate surface area is 90.7 Å². The van der Waals surface area contributed by atoms with Crippen LogP contribution in [-0.2, 0) is 12.3 Å². The zero-order chi connectivity index (χ0) is 10.6. The number of aryl methyl sites for hydroxylation is 1. The van der Waals surface area contributed by atoms with Crippen LogP contribution in [-0.4, -0.2) is 9.97 Å². The SMILES string of the molecule is CCCc1cc(C(C)C)nc(CCl)n1. The molecule has 0 saturated carbocycles. The molecule has 2 nitrogen and oxygen atoms in total.